The van der Waals surface area contributed by atoms with Gasteiger partial charge in [0.2, 0.25) is 15.9 Å². The molecule has 0 bridgehead atoms. The standard InChI is InChI=1S/C15H25N3O3S.ClH/c1-3-9-16-11-12-17-15(19)8-10-18-22(20,21)14-6-4-13(2)5-7-14;/h4-7,16,18H,3,8-12H2,1-2H3,(H,17,19);1H. The average Bonchev–Trinajstić information content (AvgIpc) is 2.47. The summed E-state index contributed by atoms with van der Waals surface area (Å²) in [5.41, 5.74) is 0.995. The van der Waals surface area contributed by atoms with Crippen LogP contribution in [0.5, 0.6) is 0 Å². The second-order valence-electron chi connectivity index (χ2n) is 5.06. The number of sulfonamides is 1. The van der Waals surface area contributed by atoms with Crippen LogP contribution in [0.4, 0.5) is 0 Å². The second kappa shape index (κ2) is 11.4. The highest BCUT2D eigenvalue weighted by Crippen LogP contribution is 2.09. The highest BCUT2D eigenvalue weighted by atomic mass is 35.5. The molecule has 0 atom stereocenters. The normalized spacial score (nSPS) is 10.9. The van der Waals surface area contributed by atoms with Crippen LogP contribution < -0.4 is 15.4 Å². The Labute approximate surface area is 144 Å². The molecule has 1 amide bonds. The molecule has 6 nitrogen and oxygen atoms in total. The Kier molecular flexibility index (Phi) is 10.8. The fourth-order valence-electron chi connectivity index (χ4n) is 1.78. The van der Waals surface area contributed by atoms with Crippen LogP contribution in [-0.4, -0.2) is 40.5 Å². The molecule has 1 aromatic carbocycles. The molecule has 3 N–H and O–H groups in total. The van der Waals surface area contributed by atoms with Gasteiger partial charge in [-0.2, -0.15) is 0 Å². The third-order valence-corrected chi connectivity index (χ3v) is 4.50. The van der Waals surface area contributed by atoms with Crippen molar-refractivity contribution in [1.82, 2.24) is 15.4 Å². The van der Waals surface area contributed by atoms with Crippen molar-refractivity contribution in [2.75, 3.05) is 26.2 Å². The van der Waals surface area contributed by atoms with E-state index in [0.29, 0.717) is 13.1 Å². The number of rotatable bonds is 10. The number of aryl methyl sites for hydroxylation is 1. The number of nitrogens with one attached hydrogen (secondary N) is 3. The first-order chi connectivity index (χ1) is 10.5. The van der Waals surface area contributed by atoms with E-state index in [1.807, 2.05) is 6.92 Å². The molecule has 0 radical (unpaired) electrons. The summed E-state index contributed by atoms with van der Waals surface area (Å²) >= 11 is 0. The van der Waals surface area contributed by atoms with Gasteiger partial charge in [0.25, 0.3) is 0 Å². The minimum absolute atomic E-state index is 0. The Balaban J connectivity index is 0.00000484. The molecule has 8 heteroatoms. The maximum atomic E-state index is 12.0. The third-order valence-electron chi connectivity index (χ3n) is 3.03. The molecular formula is C15H26ClN3O3S. The molecule has 1 aromatic rings. The first-order valence-corrected chi connectivity index (χ1v) is 8.98. The lowest BCUT2D eigenvalue weighted by Crippen LogP contribution is -2.34. The zero-order valence-corrected chi connectivity index (χ0v) is 15.2. The molecule has 0 heterocycles. The van der Waals surface area contributed by atoms with E-state index in [0.717, 1.165) is 18.5 Å². The zero-order valence-electron chi connectivity index (χ0n) is 13.6. The average molecular weight is 364 g/mol. The van der Waals surface area contributed by atoms with E-state index < -0.39 is 10.0 Å². The number of halogens is 1. The van der Waals surface area contributed by atoms with Gasteiger partial charge in [-0.1, -0.05) is 24.6 Å². The number of hydrogen-bond acceptors (Lipinski definition) is 4. The van der Waals surface area contributed by atoms with Gasteiger partial charge < -0.3 is 10.6 Å². The number of amides is 1. The molecule has 1 rings (SSSR count). The summed E-state index contributed by atoms with van der Waals surface area (Å²) in [5, 5.41) is 5.91. The number of carbonyl (C=O) groups is 1. The van der Waals surface area contributed by atoms with E-state index in [1.54, 1.807) is 24.3 Å². The molecule has 0 aromatic heterocycles. The Morgan fingerprint density at radius 3 is 2.30 bits per heavy atom. The van der Waals surface area contributed by atoms with Crippen molar-refractivity contribution in [3.05, 3.63) is 29.8 Å². The molecule has 23 heavy (non-hydrogen) atoms. The zero-order chi connectivity index (χ0) is 16.4. The lowest BCUT2D eigenvalue weighted by Gasteiger charge is -2.08. The molecule has 132 valence electrons. The van der Waals surface area contributed by atoms with Crippen LogP contribution in [0.15, 0.2) is 29.2 Å². The maximum Gasteiger partial charge on any atom is 0.240 e. The van der Waals surface area contributed by atoms with Crippen molar-refractivity contribution < 1.29 is 13.2 Å². The second-order valence-corrected chi connectivity index (χ2v) is 6.83. The predicted molar refractivity (Wildman–Crippen MR) is 94.4 cm³/mol. The van der Waals surface area contributed by atoms with E-state index in [2.05, 4.69) is 22.3 Å². The number of benzene rings is 1. The summed E-state index contributed by atoms with van der Waals surface area (Å²) in [6.07, 6.45) is 1.17. The van der Waals surface area contributed by atoms with Crippen molar-refractivity contribution in [1.29, 1.82) is 0 Å². The first-order valence-electron chi connectivity index (χ1n) is 7.49. The van der Waals surface area contributed by atoms with Gasteiger partial charge in [0.1, 0.15) is 0 Å². The highest BCUT2D eigenvalue weighted by molar-refractivity contribution is 7.89. The van der Waals surface area contributed by atoms with Gasteiger partial charge in [0, 0.05) is 26.1 Å². The van der Waals surface area contributed by atoms with Gasteiger partial charge in [0.05, 0.1) is 4.90 Å². The lowest BCUT2D eigenvalue weighted by molar-refractivity contribution is -0.120. The van der Waals surface area contributed by atoms with E-state index >= 15 is 0 Å². The van der Waals surface area contributed by atoms with Crippen LogP contribution in [0.1, 0.15) is 25.3 Å². The topological polar surface area (TPSA) is 87.3 Å². The van der Waals surface area contributed by atoms with E-state index in [-0.39, 0.29) is 36.2 Å². The van der Waals surface area contributed by atoms with Crippen LogP contribution in [0, 0.1) is 6.92 Å². The summed E-state index contributed by atoms with van der Waals surface area (Å²) < 4.78 is 26.4. The first kappa shape index (κ1) is 21.9. The molecule has 0 spiro atoms. The quantitative estimate of drug-likeness (QED) is 0.545. The monoisotopic (exact) mass is 363 g/mol. The molecule has 0 fully saturated rings. The van der Waals surface area contributed by atoms with Gasteiger partial charge in [-0.25, -0.2) is 13.1 Å². The summed E-state index contributed by atoms with van der Waals surface area (Å²) in [6.45, 7) is 6.24. The van der Waals surface area contributed by atoms with Crippen molar-refractivity contribution >= 4 is 28.3 Å². The molecule has 0 aliphatic rings. The molecule has 0 unspecified atom stereocenters. The molecule has 0 saturated heterocycles. The minimum atomic E-state index is -3.55. The van der Waals surface area contributed by atoms with Crippen molar-refractivity contribution in [2.45, 2.75) is 31.6 Å². The molecule has 0 saturated carbocycles. The van der Waals surface area contributed by atoms with Crippen LogP contribution in [-0.2, 0) is 14.8 Å². The van der Waals surface area contributed by atoms with Gasteiger partial charge in [-0.15, -0.1) is 12.4 Å². The van der Waals surface area contributed by atoms with Crippen LogP contribution >= 0.6 is 12.4 Å². The largest absolute Gasteiger partial charge is 0.355 e. The summed E-state index contributed by atoms with van der Waals surface area (Å²) in [6, 6.07) is 6.59. The smallest absolute Gasteiger partial charge is 0.240 e. The van der Waals surface area contributed by atoms with Gasteiger partial charge >= 0.3 is 0 Å². The number of carbonyl (C=O) groups excluding carboxylic acids is 1. The van der Waals surface area contributed by atoms with Crippen LogP contribution in [0.2, 0.25) is 0 Å². The third kappa shape index (κ3) is 8.90. The SMILES string of the molecule is CCCNCCNC(=O)CCNS(=O)(=O)c1ccc(C)cc1.Cl. The number of hydrogen-bond donors (Lipinski definition) is 3. The molecule has 0 aliphatic heterocycles. The van der Waals surface area contributed by atoms with E-state index in [1.165, 1.54) is 0 Å². The van der Waals surface area contributed by atoms with Crippen molar-refractivity contribution in [3.63, 3.8) is 0 Å². The fourth-order valence-corrected chi connectivity index (χ4v) is 2.81. The molecular weight excluding hydrogens is 338 g/mol. The van der Waals surface area contributed by atoms with Gasteiger partial charge in [0.15, 0.2) is 0 Å². The van der Waals surface area contributed by atoms with Crippen LogP contribution in [0.3, 0.4) is 0 Å². The van der Waals surface area contributed by atoms with Crippen LogP contribution in [0.25, 0.3) is 0 Å². The fraction of sp³-hybridized carbons (Fsp3) is 0.533. The Bertz CT molecular complexity index is 562. The Morgan fingerprint density at radius 2 is 1.70 bits per heavy atom. The summed E-state index contributed by atoms with van der Waals surface area (Å²) in [5.74, 6) is -0.162. The lowest BCUT2D eigenvalue weighted by atomic mass is 10.2. The summed E-state index contributed by atoms with van der Waals surface area (Å²) in [4.78, 5) is 11.8. The van der Waals surface area contributed by atoms with E-state index in [4.69, 9.17) is 0 Å². The summed E-state index contributed by atoms with van der Waals surface area (Å²) in [7, 11) is -3.55. The Hall–Kier alpha value is -1.15. The minimum Gasteiger partial charge on any atom is -0.355 e. The Morgan fingerprint density at radius 1 is 1.04 bits per heavy atom. The van der Waals surface area contributed by atoms with Crippen molar-refractivity contribution in [2.24, 2.45) is 0 Å². The highest BCUT2D eigenvalue weighted by Gasteiger charge is 2.13. The predicted octanol–water partition coefficient (Wildman–Crippen LogP) is 1.20. The van der Waals surface area contributed by atoms with Gasteiger partial charge in [-0.3, -0.25) is 4.79 Å². The van der Waals surface area contributed by atoms with Gasteiger partial charge in [-0.05, 0) is 32.0 Å². The van der Waals surface area contributed by atoms with E-state index in [9.17, 15) is 13.2 Å². The maximum absolute atomic E-state index is 12.0. The van der Waals surface area contributed by atoms with Crippen molar-refractivity contribution in [3.8, 4) is 0 Å². The molecule has 0 aliphatic carbocycles.